The largest absolute Gasteiger partial charge is 0.478 e. The number of hydrogen-bond acceptors (Lipinski definition) is 7. The molecule has 0 aliphatic carbocycles. The molecule has 1 aromatic carbocycles. The second kappa shape index (κ2) is 8.40. The highest BCUT2D eigenvalue weighted by atomic mass is 32.2. The highest BCUT2D eigenvalue weighted by Gasteiger charge is 2.31. The van der Waals surface area contributed by atoms with E-state index in [9.17, 15) is 17.6 Å². The van der Waals surface area contributed by atoms with Crippen LogP contribution in [0.4, 0.5) is 4.39 Å². The molecule has 3 heterocycles. The summed E-state index contributed by atoms with van der Waals surface area (Å²) >= 11 is 0. The summed E-state index contributed by atoms with van der Waals surface area (Å²) in [5.74, 6) is -1.65. The summed E-state index contributed by atoms with van der Waals surface area (Å²) in [6.07, 6.45) is 3.94. The van der Waals surface area contributed by atoms with Gasteiger partial charge in [-0.05, 0) is 43.2 Å². The van der Waals surface area contributed by atoms with Crippen molar-refractivity contribution in [2.24, 2.45) is 0 Å². The van der Waals surface area contributed by atoms with E-state index in [1.54, 1.807) is 35.3 Å². The van der Waals surface area contributed by atoms with E-state index in [1.807, 2.05) is 0 Å². The average Bonchev–Trinajstić information content (AvgIpc) is 3.29. The number of benzene rings is 1. The molecule has 1 N–H and O–H groups in total. The maximum Gasteiger partial charge on any atom is 0.338 e. The van der Waals surface area contributed by atoms with Gasteiger partial charge in [0.15, 0.2) is 5.82 Å². The lowest BCUT2D eigenvalue weighted by Crippen LogP contribution is -2.41. The summed E-state index contributed by atoms with van der Waals surface area (Å²) in [7, 11) is -3.95. The fourth-order valence-corrected chi connectivity index (χ4v) is 4.74. The van der Waals surface area contributed by atoms with Gasteiger partial charge in [-0.1, -0.05) is 0 Å². The van der Waals surface area contributed by atoms with E-state index in [1.165, 1.54) is 4.31 Å². The van der Waals surface area contributed by atoms with Gasteiger partial charge in [-0.15, -0.1) is 10.2 Å². The van der Waals surface area contributed by atoms with Crippen LogP contribution >= 0.6 is 0 Å². The van der Waals surface area contributed by atoms with E-state index >= 15 is 0 Å². The SMILES string of the molecule is O=C(O)c1cc(S(=O)(=O)N2CCC(Oc3ccc(-n4cccn4)nn3)CC2)ccc1F. The van der Waals surface area contributed by atoms with Crippen molar-refractivity contribution in [3.8, 4) is 11.7 Å². The third kappa shape index (κ3) is 4.39. The van der Waals surface area contributed by atoms with Gasteiger partial charge >= 0.3 is 5.97 Å². The monoisotopic (exact) mass is 447 g/mol. The average molecular weight is 447 g/mol. The molecule has 1 aliphatic heterocycles. The lowest BCUT2D eigenvalue weighted by molar-refractivity contribution is 0.0691. The first-order valence-electron chi connectivity index (χ1n) is 9.38. The van der Waals surface area contributed by atoms with Crippen LogP contribution in [0.25, 0.3) is 5.82 Å². The minimum absolute atomic E-state index is 0.172. The maximum absolute atomic E-state index is 13.6. The molecule has 0 atom stereocenters. The molecule has 0 spiro atoms. The number of aromatic carboxylic acids is 1. The Morgan fingerprint density at radius 2 is 1.94 bits per heavy atom. The summed E-state index contributed by atoms with van der Waals surface area (Å²) in [4.78, 5) is 10.8. The molecule has 0 amide bonds. The molecular formula is C19H18FN5O5S. The highest BCUT2D eigenvalue weighted by Crippen LogP contribution is 2.24. The molecule has 162 valence electrons. The summed E-state index contributed by atoms with van der Waals surface area (Å²) in [5.41, 5.74) is -0.684. The number of halogens is 1. The maximum atomic E-state index is 13.6. The first-order chi connectivity index (χ1) is 14.8. The van der Waals surface area contributed by atoms with Crippen molar-refractivity contribution in [2.45, 2.75) is 23.8 Å². The van der Waals surface area contributed by atoms with Crippen LogP contribution in [0.5, 0.6) is 5.88 Å². The zero-order chi connectivity index (χ0) is 22.0. The number of rotatable bonds is 6. The van der Waals surface area contributed by atoms with E-state index in [0.717, 1.165) is 18.2 Å². The zero-order valence-electron chi connectivity index (χ0n) is 16.1. The second-order valence-corrected chi connectivity index (χ2v) is 8.79. The van der Waals surface area contributed by atoms with Crippen molar-refractivity contribution < 1.29 is 27.4 Å². The van der Waals surface area contributed by atoms with Gasteiger partial charge in [0, 0.05) is 31.5 Å². The van der Waals surface area contributed by atoms with E-state index < -0.39 is 27.4 Å². The summed E-state index contributed by atoms with van der Waals surface area (Å²) < 4.78 is 47.9. The van der Waals surface area contributed by atoms with Crippen molar-refractivity contribution in [1.29, 1.82) is 0 Å². The first-order valence-corrected chi connectivity index (χ1v) is 10.8. The van der Waals surface area contributed by atoms with Crippen LogP contribution in [0.15, 0.2) is 53.7 Å². The Morgan fingerprint density at radius 1 is 1.16 bits per heavy atom. The molecule has 0 unspecified atom stereocenters. The van der Waals surface area contributed by atoms with Crippen LogP contribution in [-0.2, 0) is 10.0 Å². The molecule has 12 heteroatoms. The Labute approximate surface area is 176 Å². The predicted molar refractivity (Wildman–Crippen MR) is 105 cm³/mol. The van der Waals surface area contributed by atoms with Gasteiger partial charge in [-0.2, -0.15) is 9.40 Å². The topological polar surface area (TPSA) is 128 Å². The van der Waals surface area contributed by atoms with Gasteiger partial charge in [0.25, 0.3) is 0 Å². The quantitative estimate of drug-likeness (QED) is 0.605. The third-order valence-corrected chi connectivity index (χ3v) is 6.75. The van der Waals surface area contributed by atoms with Crippen LogP contribution in [0, 0.1) is 5.82 Å². The summed E-state index contributed by atoms with van der Waals surface area (Å²) in [5, 5.41) is 21.2. The van der Waals surface area contributed by atoms with Gasteiger partial charge < -0.3 is 9.84 Å². The first kappa shape index (κ1) is 20.9. The number of sulfonamides is 1. The molecule has 1 aliphatic rings. The number of carboxylic acids is 1. The van der Waals surface area contributed by atoms with Gasteiger partial charge in [-0.3, -0.25) is 0 Å². The van der Waals surface area contributed by atoms with Crippen molar-refractivity contribution in [2.75, 3.05) is 13.1 Å². The molecule has 4 rings (SSSR count). The van der Waals surface area contributed by atoms with Gasteiger partial charge in [-0.25, -0.2) is 22.3 Å². The van der Waals surface area contributed by atoms with Crippen LogP contribution in [-0.4, -0.2) is 63.0 Å². The zero-order valence-corrected chi connectivity index (χ0v) is 16.9. The standard InChI is InChI=1S/C19H18FN5O5S/c20-16-3-2-14(12-15(16)19(26)27)31(28,29)24-10-6-13(7-11-24)30-18-5-4-17(22-23-18)25-9-1-8-21-25/h1-5,8-9,12-13H,6-7,10-11H2,(H,26,27). The number of carbonyl (C=O) groups is 1. The number of piperidine rings is 1. The molecule has 10 nitrogen and oxygen atoms in total. The van der Waals surface area contributed by atoms with Crippen molar-refractivity contribution in [3.05, 3.63) is 60.2 Å². The fourth-order valence-electron chi connectivity index (χ4n) is 3.24. The van der Waals surface area contributed by atoms with E-state index in [2.05, 4.69) is 15.3 Å². The molecular weight excluding hydrogens is 429 g/mol. The van der Waals surface area contributed by atoms with E-state index in [4.69, 9.17) is 9.84 Å². The lowest BCUT2D eigenvalue weighted by Gasteiger charge is -2.31. The van der Waals surface area contributed by atoms with Crippen molar-refractivity contribution in [1.82, 2.24) is 24.3 Å². The smallest absolute Gasteiger partial charge is 0.338 e. The Morgan fingerprint density at radius 3 is 2.55 bits per heavy atom. The van der Waals surface area contributed by atoms with Crippen molar-refractivity contribution in [3.63, 3.8) is 0 Å². The number of nitrogens with zero attached hydrogens (tertiary/aromatic N) is 5. The fraction of sp³-hybridized carbons (Fsp3) is 0.263. The van der Waals surface area contributed by atoms with Gasteiger partial charge in [0.05, 0.1) is 10.5 Å². The Kier molecular flexibility index (Phi) is 5.65. The minimum Gasteiger partial charge on any atom is -0.478 e. The van der Waals surface area contributed by atoms with Crippen LogP contribution in [0.1, 0.15) is 23.2 Å². The molecule has 2 aromatic heterocycles. The lowest BCUT2D eigenvalue weighted by atomic mass is 10.1. The van der Waals surface area contributed by atoms with Gasteiger partial charge in [0.1, 0.15) is 11.9 Å². The molecule has 0 radical (unpaired) electrons. The minimum atomic E-state index is -3.95. The van der Waals surface area contributed by atoms with Crippen LogP contribution in [0.3, 0.4) is 0 Å². The molecule has 0 saturated carbocycles. The summed E-state index contributed by atoms with van der Waals surface area (Å²) in [6.45, 7) is 0.344. The summed E-state index contributed by atoms with van der Waals surface area (Å²) in [6, 6.07) is 7.89. The highest BCUT2D eigenvalue weighted by molar-refractivity contribution is 7.89. The van der Waals surface area contributed by atoms with Crippen LogP contribution in [0.2, 0.25) is 0 Å². The predicted octanol–water partition coefficient (Wildman–Crippen LogP) is 1.73. The van der Waals surface area contributed by atoms with E-state index in [-0.39, 0.29) is 24.1 Å². The molecule has 0 bridgehead atoms. The van der Waals surface area contributed by atoms with Gasteiger partial charge in [0.2, 0.25) is 15.9 Å². The number of carboxylic acid groups (broad SMARTS) is 1. The number of ether oxygens (including phenoxy) is 1. The normalized spacial score (nSPS) is 15.6. The molecule has 31 heavy (non-hydrogen) atoms. The molecule has 1 fully saturated rings. The van der Waals surface area contributed by atoms with Crippen molar-refractivity contribution >= 4 is 16.0 Å². The Balaban J connectivity index is 1.39. The number of aromatic nitrogens is 4. The van der Waals surface area contributed by atoms with E-state index in [0.29, 0.717) is 24.5 Å². The molecule has 1 saturated heterocycles. The van der Waals surface area contributed by atoms with Crippen LogP contribution < -0.4 is 4.74 Å². The number of hydrogen-bond donors (Lipinski definition) is 1. The Hall–Kier alpha value is -3.38. The second-order valence-electron chi connectivity index (χ2n) is 6.85. The third-order valence-electron chi connectivity index (χ3n) is 4.86. The molecule has 3 aromatic rings. The Bertz CT molecular complexity index is 1180.